The van der Waals surface area contributed by atoms with Gasteiger partial charge in [-0.3, -0.25) is 4.79 Å². The fraction of sp³-hybridized carbons (Fsp3) is 0.778. The Morgan fingerprint density at radius 2 is 1.68 bits per heavy atom. The molecular weight excluding hydrogens is 537 g/mol. The molecule has 0 radical (unpaired) electrons. The van der Waals surface area contributed by atoms with Crippen molar-refractivity contribution in [3.8, 4) is 0 Å². The Morgan fingerprint density at radius 1 is 1.13 bits per heavy atom. The summed E-state index contributed by atoms with van der Waals surface area (Å²) in [4.78, 5) is 26.8. The first-order valence-corrected chi connectivity index (χ1v) is 11.6. The molecular formula is C18H26Cl6N2O5. The molecule has 0 saturated heterocycles. The molecule has 180 valence electrons. The molecule has 0 aliphatic carbocycles. The van der Waals surface area contributed by atoms with Gasteiger partial charge in [0.1, 0.15) is 17.4 Å². The van der Waals surface area contributed by atoms with Crippen LogP contribution in [0.2, 0.25) is 0 Å². The fourth-order valence-corrected chi connectivity index (χ4v) is 3.58. The summed E-state index contributed by atoms with van der Waals surface area (Å²) in [5.41, 5.74) is -0.794. The van der Waals surface area contributed by atoms with Crippen LogP contribution in [0.25, 0.3) is 0 Å². The molecule has 0 aromatic heterocycles. The van der Waals surface area contributed by atoms with Crippen molar-refractivity contribution in [1.82, 2.24) is 10.2 Å². The lowest BCUT2D eigenvalue weighted by Crippen LogP contribution is -2.54. The third kappa shape index (κ3) is 10.6. The van der Waals surface area contributed by atoms with E-state index in [0.717, 1.165) is 4.90 Å². The zero-order valence-corrected chi connectivity index (χ0v) is 22.0. The molecule has 0 saturated carbocycles. The van der Waals surface area contributed by atoms with E-state index < -0.39 is 43.5 Å². The second-order valence-electron chi connectivity index (χ2n) is 7.95. The molecule has 3 unspecified atom stereocenters. The van der Waals surface area contributed by atoms with Crippen LogP contribution in [0, 0.1) is 0 Å². The Kier molecular flexibility index (Phi) is 10.7. The Hall–Kier alpha value is -0.0200. The third-order valence-corrected chi connectivity index (χ3v) is 5.29. The van der Waals surface area contributed by atoms with Gasteiger partial charge in [-0.1, -0.05) is 69.6 Å². The molecule has 0 aromatic carbocycles. The predicted octanol–water partition coefficient (Wildman–Crippen LogP) is 5.24. The number of amides is 2. The van der Waals surface area contributed by atoms with Crippen LogP contribution in [-0.2, 0) is 14.3 Å². The summed E-state index contributed by atoms with van der Waals surface area (Å²) < 4.78 is 7.30. The lowest BCUT2D eigenvalue weighted by Gasteiger charge is -2.33. The van der Waals surface area contributed by atoms with Crippen molar-refractivity contribution < 1.29 is 24.2 Å². The molecule has 1 aliphatic heterocycles. The molecule has 2 amide bonds. The second-order valence-corrected chi connectivity index (χ2v) is 13.0. The number of hydrogen-bond acceptors (Lipinski definition) is 5. The van der Waals surface area contributed by atoms with E-state index in [1.165, 1.54) is 13.2 Å². The largest absolute Gasteiger partial charge is 0.499 e. The van der Waals surface area contributed by atoms with Gasteiger partial charge in [0.05, 0.1) is 13.2 Å². The van der Waals surface area contributed by atoms with Crippen LogP contribution in [0.5, 0.6) is 0 Å². The molecule has 7 nitrogen and oxygen atoms in total. The first-order valence-electron chi connectivity index (χ1n) is 9.32. The normalized spacial score (nSPS) is 20.9. The zero-order valence-electron chi connectivity index (χ0n) is 17.4. The number of halogens is 6. The minimum absolute atomic E-state index is 0.0305. The summed E-state index contributed by atoms with van der Waals surface area (Å²) in [5, 5.41) is 13.0. The molecule has 0 fully saturated rings. The van der Waals surface area contributed by atoms with E-state index in [0.29, 0.717) is 5.76 Å². The topological polar surface area (TPSA) is 88.1 Å². The first kappa shape index (κ1) is 29.0. The molecule has 31 heavy (non-hydrogen) atoms. The van der Waals surface area contributed by atoms with E-state index in [1.54, 1.807) is 20.8 Å². The first-order chi connectivity index (χ1) is 13.9. The number of aliphatic hydroxyl groups excluding tert-OH is 1. The summed E-state index contributed by atoms with van der Waals surface area (Å²) in [6, 6.07) is -1.88. The van der Waals surface area contributed by atoms with Crippen molar-refractivity contribution in [2.75, 3.05) is 7.11 Å². The summed E-state index contributed by atoms with van der Waals surface area (Å²) in [6.45, 7) is 5.03. The number of carbonyl (C=O) groups is 2. The van der Waals surface area contributed by atoms with Gasteiger partial charge < -0.3 is 24.8 Å². The molecule has 1 heterocycles. The molecule has 13 heteroatoms. The van der Waals surface area contributed by atoms with E-state index in [1.807, 2.05) is 0 Å². The van der Waals surface area contributed by atoms with Gasteiger partial charge in [0.2, 0.25) is 5.91 Å². The number of ether oxygens (including phenoxy) is 2. The number of rotatable bonds is 7. The average Bonchev–Trinajstić information content (AvgIpc) is 2.88. The second kappa shape index (κ2) is 11.4. The maximum Gasteiger partial charge on any atom is 0.408 e. The minimum atomic E-state index is -1.65. The lowest BCUT2D eigenvalue weighted by molar-refractivity contribution is -0.143. The fourth-order valence-electron chi connectivity index (χ4n) is 2.92. The van der Waals surface area contributed by atoms with Crippen molar-refractivity contribution in [2.45, 2.75) is 78.0 Å². The number of nitrogens with one attached hydrogen (secondary N) is 1. The van der Waals surface area contributed by atoms with Crippen LogP contribution in [0.4, 0.5) is 4.79 Å². The smallest absolute Gasteiger partial charge is 0.408 e. The van der Waals surface area contributed by atoms with Gasteiger partial charge in [-0.2, -0.15) is 0 Å². The summed E-state index contributed by atoms with van der Waals surface area (Å²) in [7, 11) is 1.40. The quantitative estimate of drug-likeness (QED) is 0.414. The molecule has 1 aliphatic rings. The van der Waals surface area contributed by atoms with Gasteiger partial charge >= 0.3 is 6.09 Å². The summed E-state index contributed by atoms with van der Waals surface area (Å²) in [5.74, 6) is -0.308. The van der Waals surface area contributed by atoms with Crippen molar-refractivity contribution in [2.24, 2.45) is 0 Å². The number of nitrogens with zero attached hydrogens (tertiary/aromatic N) is 1. The van der Waals surface area contributed by atoms with Crippen LogP contribution < -0.4 is 5.32 Å². The Bertz CT molecular complexity index is 672. The van der Waals surface area contributed by atoms with Crippen molar-refractivity contribution >= 4 is 81.6 Å². The van der Waals surface area contributed by atoms with E-state index >= 15 is 0 Å². The number of aliphatic hydroxyl groups is 1. The lowest BCUT2D eigenvalue weighted by atomic mass is 10.1. The standard InChI is InChI=1S/C18H26Cl6N2O5/c1-16(2,3)31-15(29)25-10(5-7-17(19,20)21)14(28)26-11(6-8-18(22,23)24)12(30-4)9-13(26)27/h9-11,13,27H,5-8H2,1-4H3,(H,25,29). The summed E-state index contributed by atoms with van der Waals surface area (Å²) >= 11 is 35.0. The van der Waals surface area contributed by atoms with E-state index in [4.69, 9.17) is 79.1 Å². The van der Waals surface area contributed by atoms with Gasteiger partial charge in [0, 0.05) is 6.08 Å². The molecule has 3 atom stereocenters. The highest BCUT2D eigenvalue weighted by Gasteiger charge is 2.42. The van der Waals surface area contributed by atoms with Crippen LogP contribution in [0.15, 0.2) is 11.8 Å². The van der Waals surface area contributed by atoms with Gasteiger partial charge in [-0.05, 0) is 46.5 Å². The molecule has 0 aromatic rings. The van der Waals surface area contributed by atoms with Gasteiger partial charge in [-0.15, -0.1) is 0 Å². The molecule has 2 N–H and O–H groups in total. The number of hydrogen-bond donors (Lipinski definition) is 2. The van der Waals surface area contributed by atoms with Crippen molar-refractivity contribution in [3.63, 3.8) is 0 Å². The molecule has 1 rings (SSSR count). The van der Waals surface area contributed by atoms with Gasteiger partial charge in [0.15, 0.2) is 13.8 Å². The number of methoxy groups -OCH3 is 1. The van der Waals surface area contributed by atoms with Crippen LogP contribution in [-0.4, -0.2) is 60.6 Å². The maximum absolute atomic E-state index is 13.3. The van der Waals surface area contributed by atoms with Crippen LogP contribution >= 0.6 is 69.6 Å². The SMILES string of the molecule is COC1=CC(O)N(C(=O)C(CCC(Cl)(Cl)Cl)NC(=O)OC(C)(C)C)C1CCC(Cl)(Cl)Cl. The monoisotopic (exact) mass is 560 g/mol. The summed E-state index contributed by atoms with van der Waals surface area (Å²) in [6.07, 6.45) is -0.602. The Balaban J connectivity index is 3.11. The Labute approximate surface area is 212 Å². The third-order valence-electron chi connectivity index (χ3n) is 4.16. The molecule has 0 bridgehead atoms. The maximum atomic E-state index is 13.3. The number of carbonyl (C=O) groups excluding carboxylic acids is 2. The highest BCUT2D eigenvalue weighted by Crippen LogP contribution is 2.37. The molecule has 0 spiro atoms. The average molecular weight is 563 g/mol. The van der Waals surface area contributed by atoms with Crippen LogP contribution in [0.1, 0.15) is 46.5 Å². The van der Waals surface area contributed by atoms with Gasteiger partial charge in [-0.25, -0.2) is 4.79 Å². The van der Waals surface area contributed by atoms with Crippen molar-refractivity contribution in [1.29, 1.82) is 0 Å². The Morgan fingerprint density at radius 3 is 2.13 bits per heavy atom. The highest BCUT2D eigenvalue weighted by atomic mass is 35.6. The highest BCUT2D eigenvalue weighted by molar-refractivity contribution is 6.67. The van der Waals surface area contributed by atoms with E-state index in [9.17, 15) is 14.7 Å². The number of alkyl halides is 6. The predicted molar refractivity (Wildman–Crippen MR) is 124 cm³/mol. The van der Waals surface area contributed by atoms with Crippen LogP contribution in [0.3, 0.4) is 0 Å². The van der Waals surface area contributed by atoms with E-state index in [-0.39, 0.29) is 25.7 Å². The zero-order chi connectivity index (χ0) is 24.2. The van der Waals surface area contributed by atoms with E-state index in [2.05, 4.69) is 5.32 Å². The minimum Gasteiger partial charge on any atom is -0.499 e. The van der Waals surface area contributed by atoms with Gasteiger partial charge in [0.25, 0.3) is 0 Å². The number of alkyl carbamates (subject to hydrolysis) is 1. The van der Waals surface area contributed by atoms with Crippen molar-refractivity contribution in [3.05, 3.63) is 11.8 Å².